The Labute approximate surface area is 247 Å². The first kappa shape index (κ1) is 29.8. The Hall–Kier alpha value is -3.72. The van der Waals surface area contributed by atoms with Gasteiger partial charge in [-0.15, -0.1) is 0 Å². The van der Waals surface area contributed by atoms with Gasteiger partial charge in [0.2, 0.25) is 17.7 Å². The summed E-state index contributed by atoms with van der Waals surface area (Å²) in [6.07, 6.45) is 5.43. The van der Waals surface area contributed by atoms with Crippen molar-refractivity contribution in [2.24, 2.45) is 17.8 Å². The average Bonchev–Trinajstić information content (AvgIpc) is 3.70. The van der Waals surface area contributed by atoms with Gasteiger partial charge in [-0.25, -0.2) is 0 Å². The number of aliphatic hydroxyl groups is 1. The summed E-state index contributed by atoms with van der Waals surface area (Å²) >= 11 is 0. The van der Waals surface area contributed by atoms with Gasteiger partial charge in [0.25, 0.3) is 5.91 Å². The van der Waals surface area contributed by atoms with Crippen LogP contribution in [-0.4, -0.2) is 53.5 Å². The fourth-order valence-corrected chi connectivity index (χ4v) is 6.88. The van der Waals surface area contributed by atoms with E-state index in [9.17, 15) is 24.3 Å². The molecule has 42 heavy (non-hydrogen) atoms. The van der Waals surface area contributed by atoms with E-state index >= 15 is 0 Å². The van der Waals surface area contributed by atoms with Gasteiger partial charge in [0.15, 0.2) is 0 Å². The number of carbonyl (C=O) groups is 4. The Morgan fingerprint density at radius 2 is 1.86 bits per heavy atom. The molecular formula is C33H42N4O5. The number of hydrogen-bond acceptors (Lipinski definition) is 5. The van der Waals surface area contributed by atoms with Crippen molar-refractivity contribution in [3.8, 4) is 0 Å². The van der Waals surface area contributed by atoms with E-state index in [1.807, 2.05) is 37.3 Å². The number of amides is 4. The summed E-state index contributed by atoms with van der Waals surface area (Å²) < 4.78 is 0. The van der Waals surface area contributed by atoms with Crippen molar-refractivity contribution in [1.82, 2.24) is 10.6 Å². The molecule has 2 bridgehead atoms. The number of benzene rings is 2. The van der Waals surface area contributed by atoms with Crippen molar-refractivity contribution in [2.45, 2.75) is 83.4 Å². The van der Waals surface area contributed by atoms with Gasteiger partial charge >= 0.3 is 0 Å². The number of fused-ring (bicyclic) bond motifs is 2. The van der Waals surface area contributed by atoms with Crippen molar-refractivity contribution in [3.63, 3.8) is 0 Å². The van der Waals surface area contributed by atoms with Crippen LogP contribution in [0.3, 0.4) is 0 Å². The van der Waals surface area contributed by atoms with E-state index in [-0.39, 0.29) is 35.7 Å². The molecule has 6 unspecified atom stereocenters. The van der Waals surface area contributed by atoms with E-state index in [0.717, 1.165) is 24.3 Å². The summed E-state index contributed by atoms with van der Waals surface area (Å²) in [6, 6.07) is 14.0. The van der Waals surface area contributed by atoms with Crippen molar-refractivity contribution >= 4 is 35.0 Å². The molecule has 2 aliphatic carbocycles. The quantitative estimate of drug-likeness (QED) is 0.325. The van der Waals surface area contributed by atoms with Crippen LogP contribution in [0.1, 0.15) is 74.7 Å². The summed E-state index contributed by atoms with van der Waals surface area (Å²) in [6.45, 7) is 3.75. The number of anilines is 2. The number of nitrogens with zero attached hydrogens (tertiary/aromatic N) is 1. The minimum atomic E-state index is -0.979. The molecule has 9 nitrogen and oxygen atoms in total. The topological polar surface area (TPSA) is 128 Å². The molecule has 0 aromatic heterocycles. The summed E-state index contributed by atoms with van der Waals surface area (Å²) in [7, 11) is 0. The lowest BCUT2D eigenvalue weighted by Crippen LogP contribution is -2.47. The van der Waals surface area contributed by atoms with Crippen LogP contribution in [0, 0.1) is 17.8 Å². The molecular weight excluding hydrogens is 532 g/mol. The van der Waals surface area contributed by atoms with E-state index in [4.69, 9.17) is 0 Å². The predicted molar refractivity (Wildman–Crippen MR) is 161 cm³/mol. The Kier molecular flexibility index (Phi) is 9.26. The maximum atomic E-state index is 13.6. The second-order valence-electron chi connectivity index (χ2n) is 12.4. The zero-order valence-corrected chi connectivity index (χ0v) is 24.5. The fourth-order valence-electron chi connectivity index (χ4n) is 6.88. The van der Waals surface area contributed by atoms with E-state index < -0.39 is 24.0 Å². The maximum Gasteiger partial charge on any atom is 0.251 e. The standard InChI is InChI=1S/C33H42N4O5/c1-20(32(41)35-28-16-23-10-11-24(28)14-23)13-30(39)29(15-22-7-4-3-5-8-22)36-33(42)25-17-26(34-21(2)38)19-27(18-25)37-12-6-9-31(37)40/h3-5,7-8,17-20,23-24,28-30,39H,6,9-16H2,1-2H3,(H,34,38)(H,35,41)(H,36,42). The number of aliphatic hydroxyl groups excluding tert-OH is 1. The molecule has 224 valence electrons. The van der Waals surface area contributed by atoms with Crippen LogP contribution in [0.5, 0.6) is 0 Å². The number of rotatable bonds is 11. The van der Waals surface area contributed by atoms with Crippen LogP contribution >= 0.6 is 0 Å². The molecule has 1 saturated heterocycles. The lowest BCUT2D eigenvalue weighted by atomic mass is 9.91. The van der Waals surface area contributed by atoms with Gasteiger partial charge in [0, 0.05) is 48.8 Å². The van der Waals surface area contributed by atoms with Crippen LogP contribution in [0.4, 0.5) is 11.4 Å². The van der Waals surface area contributed by atoms with Crippen LogP contribution in [0.2, 0.25) is 0 Å². The Bertz CT molecular complexity index is 1310. The first-order valence-electron chi connectivity index (χ1n) is 15.2. The molecule has 0 radical (unpaired) electrons. The van der Waals surface area contributed by atoms with Gasteiger partial charge in [-0.3, -0.25) is 19.2 Å². The molecule has 1 heterocycles. The zero-order chi connectivity index (χ0) is 29.8. The normalized spacial score (nSPS) is 23.4. The molecule has 5 rings (SSSR count). The summed E-state index contributed by atoms with van der Waals surface area (Å²) in [5, 5.41) is 20.3. The lowest BCUT2D eigenvalue weighted by Gasteiger charge is -2.28. The molecule has 2 aromatic carbocycles. The van der Waals surface area contributed by atoms with Crippen molar-refractivity contribution in [1.29, 1.82) is 0 Å². The highest BCUT2D eigenvalue weighted by atomic mass is 16.3. The molecule has 2 saturated carbocycles. The smallest absolute Gasteiger partial charge is 0.251 e. The monoisotopic (exact) mass is 574 g/mol. The lowest BCUT2D eigenvalue weighted by molar-refractivity contribution is -0.126. The van der Waals surface area contributed by atoms with Gasteiger partial charge in [-0.05, 0) is 74.1 Å². The molecule has 2 aromatic rings. The summed E-state index contributed by atoms with van der Waals surface area (Å²) in [5.74, 6) is 0.0477. The predicted octanol–water partition coefficient (Wildman–Crippen LogP) is 3.80. The Morgan fingerprint density at radius 3 is 2.50 bits per heavy atom. The largest absolute Gasteiger partial charge is 0.391 e. The molecule has 6 atom stereocenters. The molecule has 0 spiro atoms. The van der Waals surface area contributed by atoms with E-state index in [0.29, 0.717) is 36.7 Å². The highest BCUT2D eigenvalue weighted by Crippen LogP contribution is 2.44. The second kappa shape index (κ2) is 13.1. The Balaban J connectivity index is 1.31. The first-order chi connectivity index (χ1) is 20.2. The van der Waals surface area contributed by atoms with E-state index in [1.165, 1.54) is 26.2 Å². The van der Waals surface area contributed by atoms with Crippen LogP contribution in [-0.2, 0) is 20.8 Å². The first-order valence-corrected chi connectivity index (χ1v) is 15.2. The fraction of sp³-hybridized carbons (Fsp3) is 0.515. The third-order valence-corrected chi connectivity index (χ3v) is 9.07. The average molecular weight is 575 g/mol. The van der Waals surface area contributed by atoms with Crippen LogP contribution < -0.4 is 20.9 Å². The molecule has 4 N–H and O–H groups in total. The van der Waals surface area contributed by atoms with Crippen LogP contribution in [0.15, 0.2) is 48.5 Å². The molecule has 3 fully saturated rings. The van der Waals surface area contributed by atoms with Crippen molar-refractivity contribution in [2.75, 3.05) is 16.8 Å². The van der Waals surface area contributed by atoms with Gasteiger partial charge in [0.1, 0.15) is 0 Å². The third-order valence-electron chi connectivity index (χ3n) is 9.07. The maximum absolute atomic E-state index is 13.6. The highest BCUT2D eigenvalue weighted by molar-refractivity contribution is 6.01. The van der Waals surface area contributed by atoms with Crippen molar-refractivity contribution in [3.05, 3.63) is 59.7 Å². The number of hydrogen-bond donors (Lipinski definition) is 4. The number of nitrogens with one attached hydrogen (secondary N) is 3. The second-order valence-corrected chi connectivity index (χ2v) is 12.4. The van der Waals surface area contributed by atoms with E-state index in [1.54, 1.807) is 23.1 Å². The SMILES string of the molecule is CC(=O)Nc1cc(C(=O)NC(Cc2ccccc2)C(O)CC(C)C(=O)NC2CC3CCC2C3)cc(N2CCCC2=O)c1. The number of carbonyl (C=O) groups excluding carboxylic acids is 4. The summed E-state index contributed by atoms with van der Waals surface area (Å²) in [5.41, 5.74) is 2.16. The zero-order valence-electron chi connectivity index (χ0n) is 24.5. The van der Waals surface area contributed by atoms with Crippen molar-refractivity contribution < 1.29 is 24.3 Å². The van der Waals surface area contributed by atoms with Gasteiger partial charge < -0.3 is 26.0 Å². The molecule has 9 heteroatoms. The highest BCUT2D eigenvalue weighted by Gasteiger charge is 2.40. The third kappa shape index (κ3) is 7.18. The van der Waals surface area contributed by atoms with Gasteiger partial charge in [0.05, 0.1) is 12.1 Å². The van der Waals surface area contributed by atoms with Gasteiger partial charge in [-0.2, -0.15) is 0 Å². The summed E-state index contributed by atoms with van der Waals surface area (Å²) in [4.78, 5) is 52.6. The molecule has 4 amide bonds. The minimum Gasteiger partial charge on any atom is -0.391 e. The van der Waals surface area contributed by atoms with Crippen LogP contribution in [0.25, 0.3) is 0 Å². The minimum absolute atomic E-state index is 0.0311. The van der Waals surface area contributed by atoms with E-state index in [2.05, 4.69) is 16.0 Å². The molecule has 3 aliphatic rings. The van der Waals surface area contributed by atoms with Gasteiger partial charge in [-0.1, -0.05) is 43.7 Å². The Morgan fingerprint density at radius 1 is 1.07 bits per heavy atom. The molecule has 1 aliphatic heterocycles.